The lowest BCUT2D eigenvalue weighted by molar-refractivity contribution is 0.262. The molecule has 1 heterocycles. The fourth-order valence-corrected chi connectivity index (χ4v) is 3.04. The number of hydrogen-bond donors (Lipinski definition) is 2. The highest BCUT2D eigenvalue weighted by atomic mass is 35.5. The van der Waals surface area contributed by atoms with E-state index in [2.05, 4.69) is 20.8 Å². The van der Waals surface area contributed by atoms with Crippen molar-refractivity contribution in [3.05, 3.63) is 81.2 Å². The third-order valence-corrected chi connectivity index (χ3v) is 4.36. The molecule has 2 amide bonds. The molecule has 25 heavy (non-hydrogen) atoms. The SMILES string of the molecule is O=NC(c1ccccc1)c1ccc(Cl)cc1NC(=O)Nc1nccs1. The van der Waals surface area contributed by atoms with Gasteiger partial charge in [0.25, 0.3) is 0 Å². The Balaban J connectivity index is 1.89. The van der Waals surface area contributed by atoms with Gasteiger partial charge < -0.3 is 5.32 Å². The van der Waals surface area contributed by atoms with Crippen molar-refractivity contribution >= 4 is 39.8 Å². The van der Waals surface area contributed by atoms with Crippen LogP contribution in [0.5, 0.6) is 0 Å². The monoisotopic (exact) mass is 372 g/mol. The highest BCUT2D eigenvalue weighted by Gasteiger charge is 2.20. The average Bonchev–Trinajstić information content (AvgIpc) is 3.11. The largest absolute Gasteiger partial charge is 0.325 e. The van der Waals surface area contributed by atoms with E-state index in [1.807, 2.05) is 18.2 Å². The van der Waals surface area contributed by atoms with Crippen molar-refractivity contribution in [2.24, 2.45) is 5.18 Å². The van der Waals surface area contributed by atoms with Crippen LogP contribution in [0.4, 0.5) is 15.6 Å². The maximum atomic E-state index is 12.2. The van der Waals surface area contributed by atoms with E-state index >= 15 is 0 Å². The molecular weight excluding hydrogens is 360 g/mol. The Morgan fingerprint density at radius 1 is 1.16 bits per heavy atom. The number of rotatable bonds is 5. The number of anilines is 2. The molecule has 0 aliphatic rings. The molecule has 1 unspecified atom stereocenters. The number of aromatic nitrogens is 1. The lowest BCUT2D eigenvalue weighted by atomic mass is 9.98. The normalized spacial score (nSPS) is 11.6. The van der Waals surface area contributed by atoms with E-state index in [-0.39, 0.29) is 0 Å². The summed E-state index contributed by atoms with van der Waals surface area (Å²) in [6.45, 7) is 0. The number of nitroso groups, excluding NO2 is 1. The number of amides is 2. The fraction of sp³-hybridized carbons (Fsp3) is 0.0588. The van der Waals surface area contributed by atoms with Crippen LogP contribution >= 0.6 is 22.9 Å². The molecule has 0 fully saturated rings. The predicted molar refractivity (Wildman–Crippen MR) is 100 cm³/mol. The highest BCUT2D eigenvalue weighted by molar-refractivity contribution is 7.13. The summed E-state index contributed by atoms with van der Waals surface area (Å²) in [7, 11) is 0. The van der Waals surface area contributed by atoms with Crippen molar-refractivity contribution in [1.29, 1.82) is 0 Å². The molecule has 3 rings (SSSR count). The lowest BCUT2D eigenvalue weighted by Crippen LogP contribution is -2.20. The fourth-order valence-electron chi connectivity index (χ4n) is 2.34. The van der Waals surface area contributed by atoms with Gasteiger partial charge in [-0.2, -0.15) is 0 Å². The zero-order chi connectivity index (χ0) is 17.6. The van der Waals surface area contributed by atoms with Gasteiger partial charge in [-0.1, -0.05) is 53.2 Å². The summed E-state index contributed by atoms with van der Waals surface area (Å²) in [5.74, 6) is 0. The van der Waals surface area contributed by atoms with Crippen LogP contribution in [-0.4, -0.2) is 11.0 Å². The molecule has 2 N–H and O–H groups in total. The molecule has 2 aromatic carbocycles. The van der Waals surface area contributed by atoms with Crippen molar-refractivity contribution in [2.75, 3.05) is 10.6 Å². The molecule has 0 aliphatic heterocycles. The molecule has 0 aliphatic carbocycles. The van der Waals surface area contributed by atoms with Gasteiger partial charge in [-0.25, -0.2) is 9.78 Å². The summed E-state index contributed by atoms with van der Waals surface area (Å²) in [4.78, 5) is 27.6. The van der Waals surface area contributed by atoms with Crippen LogP contribution in [0.1, 0.15) is 17.2 Å². The number of halogens is 1. The summed E-state index contributed by atoms with van der Waals surface area (Å²) in [5, 5.41) is 11.2. The summed E-state index contributed by atoms with van der Waals surface area (Å²) in [5.41, 5.74) is 1.69. The number of benzene rings is 2. The minimum Gasteiger partial charge on any atom is -0.307 e. The Kier molecular flexibility index (Phi) is 5.37. The molecule has 3 aromatic rings. The minimum atomic E-state index is -0.756. The smallest absolute Gasteiger partial charge is 0.307 e. The van der Waals surface area contributed by atoms with Crippen molar-refractivity contribution in [2.45, 2.75) is 6.04 Å². The Labute approximate surface area is 152 Å². The number of nitrogens with one attached hydrogen (secondary N) is 2. The predicted octanol–water partition coefficient (Wildman–Crippen LogP) is 5.30. The van der Waals surface area contributed by atoms with E-state index in [0.29, 0.717) is 21.4 Å². The molecule has 126 valence electrons. The van der Waals surface area contributed by atoms with Crippen molar-refractivity contribution in [3.63, 3.8) is 0 Å². The number of hydrogen-bond acceptors (Lipinski definition) is 5. The quantitative estimate of drug-likeness (QED) is 0.596. The molecular formula is C17H13ClN4O2S. The molecule has 6 nitrogen and oxygen atoms in total. The number of nitrogens with zero attached hydrogens (tertiary/aromatic N) is 2. The zero-order valence-electron chi connectivity index (χ0n) is 12.8. The Morgan fingerprint density at radius 2 is 1.96 bits per heavy atom. The molecule has 0 saturated heterocycles. The van der Waals surface area contributed by atoms with Gasteiger partial charge in [-0.05, 0) is 17.7 Å². The minimum absolute atomic E-state index is 0.412. The maximum Gasteiger partial charge on any atom is 0.325 e. The van der Waals surface area contributed by atoms with E-state index in [9.17, 15) is 9.70 Å². The van der Waals surface area contributed by atoms with Crippen molar-refractivity contribution < 1.29 is 4.79 Å². The number of carbonyl (C=O) groups is 1. The highest BCUT2D eigenvalue weighted by Crippen LogP contribution is 2.33. The molecule has 0 radical (unpaired) electrons. The summed E-state index contributed by atoms with van der Waals surface area (Å²) >= 11 is 7.35. The number of urea groups is 1. The Morgan fingerprint density at radius 3 is 2.64 bits per heavy atom. The van der Waals surface area contributed by atoms with Gasteiger partial charge in [0.05, 0.1) is 0 Å². The van der Waals surface area contributed by atoms with Crippen LogP contribution in [0.2, 0.25) is 5.02 Å². The van der Waals surface area contributed by atoms with E-state index in [0.717, 1.165) is 5.56 Å². The van der Waals surface area contributed by atoms with Crippen molar-refractivity contribution in [3.8, 4) is 0 Å². The van der Waals surface area contributed by atoms with Gasteiger partial charge in [-0.3, -0.25) is 5.32 Å². The zero-order valence-corrected chi connectivity index (χ0v) is 14.4. The third-order valence-electron chi connectivity index (χ3n) is 3.43. The van der Waals surface area contributed by atoms with E-state index in [1.54, 1.807) is 41.9 Å². The van der Waals surface area contributed by atoms with Gasteiger partial charge in [0.2, 0.25) is 0 Å². The Hall–Kier alpha value is -2.77. The van der Waals surface area contributed by atoms with Crippen LogP contribution < -0.4 is 10.6 Å². The standard InChI is InChI=1S/C17H13ClN4O2S/c18-12-6-7-13(15(22-24)11-4-2-1-3-5-11)14(10-12)20-16(23)21-17-19-8-9-25-17/h1-10,15H,(H2,19,20,21,23). The van der Waals surface area contributed by atoms with Gasteiger partial charge in [-0.15, -0.1) is 16.2 Å². The third kappa shape index (κ3) is 4.20. The average molecular weight is 373 g/mol. The van der Waals surface area contributed by atoms with Crippen LogP contribution in [0, 0.1) is 4.91 Å². The first-order chi connectivity index (χ1) is 12.2. The van der Waals surface area contributed by atoms with Crippen LogP contribution in [-0.2, 0) is 0 Å². The molecule has 0 bridgehead atoms. The molecule has 0 saturated carbocycles. The summed E-state index contributed by atoms with van der Waals surface area (Å²) < 4.78 is 0. The van der Waals surface area contributed by atoms with Gasteiger partial charge in [0.15, 0.2) is 5.13 Å². The van der Waals surface area contributed by atoms with Gasteiger partial charge >= 0.3 is 6.03 Å². The first kappa shape index (κ1) is 17.1. The van der Waals surface area contributed by atoms with E-state index in [1.165, 1.54) is 11.3 Å². The first-order valence-electron chi connectivity index (χ1n) is 7.31. The number of carbonyl (C=O) groups excluding carboxylic acids is 1. The second-order valence-corrected chi connectivity index (χ2v) is 6.40. The Bertz CT molecular complexity index is 872. The first-order valence-corrected chi connectivity index (χ1v) is 8.57. The van der Waals surface area contributed by atoms with Crippen molar-refractivity contribution in [1.82, 2.24) is 4.98 Å². The van der Waals surface area contributed by atoms with Crippen LogP contribution in [0.15, 0.2) is 65.3 Å². The summed E-state index contributed by atoms with van der Waals surface area (Å²) in [6.07, 6.45) is 1.59. The molecule has 8 heteroatoms. The second-order valence-electron chi connectivity index (χ2n) is 5.07. The lowest BCUT2D eigenvalue weighted by Gasteiger charge is -2.16. The van der Waals surface area contributed by atoms with Gasteiger partial charge in [0.1, 0.15) is 6.04 Å². The van der Waals surface area contributed by atoms with Crippen LogP contribution in [0.3, 0.4) is 0 Å². The second kappa shape index (κ2) is 7.87. The van der Waals surface area contributed by atoms with E-state index in [4.69, 9.17) is 11.6 Å². The molecule has 0 spiro atoms. The molecule has 1 aromatic heterocycles. The van der Waals surface area contributed by atoms with Crippen LogP contribution in [0.25, 0.3) is 0 Å². The van der Waals surface area contributed by atoms with Gasteiger partial charge in [0, 0.05) is 27.9 Å². The molecule has 1 atom stereocenters. The summed E-state index contributed by atoms with van der Waals surface area (Å²) in [6, 6.07) is 12.8. The maximum absolute atomic E-state index is 12.2. The number of thiazole rings is 1. The van der Waals surface area contributed by atoms with E-state index < -0.39 is 12.1 Å². The topological polar surface area (TPSA) is 83.5 Å².